The SMILES string of the molecule is CN(CCC(N)c1cccc(F)c1F)c1cccc(F)c1. The van der Waals surface area contributed by atoms with E-state index in [2.05, 4.69) is 0 Å². The van der Waals surface area contributed by atoms with Crippen molar-refractivity contribution < 1.29 is 13.2 Å². The Hall–Kier alpha value is -2.01. The second-order valence-electron chi connectivity index (χ2n) is 4.94. The molecule has 0 aliphatic heterocycles. The molecule has 0 spiro atoms. The molecular weight excluding hydrogens is 277 g/mol. The Kier molecular flexibility index (Phi) is 4.85. The van der Waals surface area contributed by atoms with Gasteiger partial charge in [-0.1, -0.05) is 18.2 Å². The van der Waals surface area contributed by atoms with Crippen molar-refractivity contribution in [3.8, 4) is 0 Å². The number of nitrogens with zero attached hydrogens (tertiary/aromatic N) is 1. The number of rotatable bonds is 5. The summed E-state index contributed by atoms with van der Waals surface area (Å²) in [6.45, 7) is 0.501. The van der Waals surface area contributed by atoms with Crippen LogP contribution in [0.3, 0.4) is 0 Å². The minimum atomic E-state index is -0.904. The summed E-state index contributed by atoms with van der Waals surface area (Å²) in [5.74, 6) is -2.13. The van der Waals surface area contributed by atoms with Gasteiger partial charge in [0.15, 0.2) is 11.6 Å². The smallest absolute Gasteiger partial charge is 0.163 e. The average molecular weight is 294 g/mol. The minimum Gasteiger partial charge on any atom is -0.374 e. The largest absolute Gasteiger partial charge is 0.374 e. The van der Waals surface area contributed by atoms with Crippen LogP contribution in [0.4, 0.5) is 18.9 Å². The first kappa shape index (κ1) is 15.4. The molecule has 0 amide bonds. The van der Waals surface area contributed by atoms with E-state index in [1.54, 1.807) is 19.2 Å². The van der Waals surface area contributed by atoms with E-state index in [0.717, 1.165) is 6.07 Å². The molecule has 0 saturated carbocycles. The fourth-order valence-electron chi connectivity index (χ4n) is 2.14. The lowest BCUT2D eigenvalue weighted by Crippen LogP contribution is -2.24. The van der Waals surface area contributed by atoms with Crippen LogP contribution < -0.4 is 10.6 Å². The second kappa shape index (κ2) is 6.63. The maximum Gasteiger partial charge on any atom is 0.163 e. The molecule has 0 heterocycles. The van der Waals surface area contributed by atoms with Crippen molar-refractivity contribution >= 4 is 5.69 Å². The number of anilines is 1. The number of halogens is 3. The van der Waals surface area contributed by atoms with E-state index in [0.29, 0.717) is 18.7 Å². The molecule has 0 radical (unpaired) electrons. The zero-order chi connectivity index (χ0) is 15.4. The van der Waals surface area contributed by atoms with Crippen LogP contribution in [-0.4, -0.2) is 13.6 Å². The summed E-state index contributed by atoms with van der Waals surface area (Å²) in [4.78, 5) is 1.82. The quantitative estimate of drug-likeness (QED) is 0.912. The van der Waals surface area contributed by atoms with Crippen LogP contribution >= 0.6 is 0 Å². The summed E-state index contributed by atoms with van der Waals surface area (Å²) in [5, 5.41) is 0. The molecule has 1 unspecified atom stereocenters. The zero-order valence-corrected chi connectivity index (χ0v) is 11.7. The number of hydrogen-bond donors (Lipinski definition) is 1. The van der Waals surface area contributed by atoms with Crippen LogP contribution in [0.1, 0.15) is 18.0 Å². The second-order valence-corrected chi connectivity index (χ2v) is 4.94. The highest BCUT2D eigenvalue weighted by Crippen LogP contribution is 2.21. The van der Waals surface area contributed by atoms with Gasteiger partial charge in [0, 0.05) is 30.9 Å². The van der Waals surface area contributed by atoms with Gasteiger partial charge < -0.3 is 10.6 Å². The predicted octanol–water partition coefficient (Wildman–Crippen LogP) is 3.63. The molecule has 2 nitrogen and oxygen atoms in total. The van der Waals surface area contributed by atoms with E-state index in [-0.39, 0.29) is 11.4 Å². The summed E-state index contributed by atoms with van der Waals surface area (Å²) < 4.78 is 39.9. The van der Waals surface area contributed by atoms with Crippen LogP contribution in [-0.2, 0) is 0 Å². The van der Waals surface area contributed by atoms with E-state index < -0.39 is 17.7 Å². The van der Waals surface area contributed by atoms with Crippen LogP contribution in [0, 0.1) is 17.5 Å². The van der Waals surface area contributed by atoms with Crippen molar-refractivity contribution in [3.63, 3.8) is 0 Å². The third-order valence-corrected chi connectivity index (χ3v) is 3.41. The van der Waals surface area contributed by atoms with Gasteiger partial charge in [-0.15, -0.1) is 0 Å². The van der Waals surface area contributed by atoms with Crippen molar-refractivity contribution in [2.24, 2.45) is 5.73 Å². The van der Waals surface area contributed by atoms with E-state index in [9.17, 15) is 13.2 Å². The molecule has 2 rings (SSSR count). The third-order valence-electron chi connectivity index (χ3n) is 3.41. The van der Waals surface area contributed by atoms with Gasteiger partial charge in [-0.3, -0.25) is 0 Å². The average Bonchev–Trinajstić information content (AvgIpc) is 2.47. The van der Waals surface area contributed by atoms with Crippen molar-refractivity contribution in [1.82, 2.24) is 0 Å². The molecule has 0 aromatic heterocycles. The minimum absolute atomic E-state index is 0.155. The summed E-state index contributed by atoms with van der Waals surface area (Å²) in [6, 6.07) is 9.53. The van der Waals surface area contributed by atoms with E-state index in [1.165, 1.54) is 24.3 Å². The van der Waals surface area contributed by atoms with Gasteiger partial charge in [0.05, 0.1) is 0 Å². The number of benzene rings is 2. The molecule has 2 aromatic rings. The molecule has 0 aliphatic carbocycles. The van der Waals surface area contributed by atoms with E-state index in [1.807, 2.05) is 4.90 Å². The van der Waals surface area contributed by atoms with Gasteiger partial charge in [0.2, 0.25) is 0 Å². The molecule has 112 valence electrons. The van der Waals surface area contributed by atoms with Gasteiger partial charge in [-0.2, -0.15) is 0 Å². The fourth-order valence-corrected chi connectivity index (χ4v) is 2.14. The summed E-state index contributed by atoms with van der Waals surface area (Å²) >= 11 is 0. The highest BCUT2D eigenvalue weighted by molar-refractivity contribution is 5.45. The van der Waals surface area contributed by atoms with Crippen molar-refractivity contribution in [2.45, 2.75) is 12.5 Å². The highest BCUT2D eigenvalue weighted by atomic mass is 19.2. The molecule has 0 aliphatic rings. The van der Waals surface area contributed by atoms with Gasteiger partial charge in [0.1, 0.15) is 5.82 Å². The Morgan fingerprint density at radius 2 is 1.81 bits per heavy atom. The topological polar surface area (TPSA) is 29.3 Å². The predicted molar refractivity (Wildman–Crippen MR) is 77.6 cm³/mol. The Bertz CT molecular complexity index is 616. The highest BCUT2D eigenvalue weighted by Gasteiger charge is 2.15. The van der Waals surface area contributed by atoms with Crippen LogP contribution in [0.15, 0.2) is 42.5 Å². The summed E-state index contributed by atoms with van der Waals surface area (Å²) in [6.07, 6.45) is 0.424. The molecule has 0 bridgehead atoms. The van der Waals surface area contributed by atoms with Gasteiger partial charge >= 0.3 is 0 Å². The Morgan fingerprint density at radius 1 is 1.10 bits per heavy atom. The standard InChI is InChI=1S/C16H17F3N2/c1-21(12-5-2-4-11(17)10-12)9-8-15(20)13-6-3-7-14(18)16(13)19/h2-7,10,15H,8-9,20H2,1H3. The fraction of sp³-hybridized carbons (Fsp3) is 0.250. The van der Waals surface area contributed by atoms with Gasteiger partial charge in [-0.05, 0) is 30.7 Å². The molecule has 5 heteroatoms. The molecule has 1 atom stereocenters. The van der Waals surface area contributed by atoms with Crippen molar-refractivity contribution in [3.05, 3.63) is 65.5 Å². The van der Waals surface area contributed by atoms with Gasteiger partial charge in [-0.25, -0.2) is 13.2 Å². The van der Waals surface area contributed by atoms with Crippen molar-refractivity contribution in [1.29, 1.82) is 0 Å². The zero-order valence-electron chi connectivity index (χ0n) is 11.7. The first-order valence-electron chi connectivity index (χ1n) is 6.65. The molecule has 21 heavy (non-hydrogen) atoms. The number of hydrogen-bond acceptors (Lipinski definition) is 2. The monoisotopic (exact) mass is 294 g/mol. The lowest BCUT2D eigenvalue weighted by Gasteiger charge is -2.22. The van der Waals surface area contributed by atoms with E-state index in [4.69, 9.17) is 5.73 Å². The van der Waals surface area contributed by atoms with Gasteiger partial charge in [0.25, 0.3) is 0 Å². The number of nitrogens with two attached hydrogens (primary N) is 1. The first-order valence-corrected chi connectivity index (χ1v) is 6.65. The molecule has 2 N–H and O–H groups in total. The van der Waals surface area contributed by atoms with Crippen LogP contribution in [0.25, 0.3) is 0 Å². The summed E-state index contributed by atoms with van der Waals surface area (Å²) in [7, 11) is 1.80. The maximum absolute atomic E-state index is 13.6. The van der Waals surface area contributed by atoms with Crippen molar-refractivity contribution in [2.75, 3.05) is 18.5 Å². The Morgan fingerprint density at radius 3 is 2.52 bits per heavy atom. The normalized spacial score (nSPS) is 12.2. The van der Waals surface area contributed by atoms with Crippen LogP contribution in [0.5, 0.6) is 0 Å². The Balaban J connectivity index is 2.00. The molecule has 0 fully saturated rings. The Labute approximate surface area is 122 Å². The summed E-state index contributed by atoms with van der Waals surface area (Å²) in [5.41, 5.74) is 6.78. The molecular formula is C16H17F3N2. The lowest BCUT2D eigenvalue weighted by molar-refractivity contribution is 0.484. The first-order chi connectivity index (χ1) is 9.99. The lowest BCUT2D eigenvalue weighted by atomic mass is 10.0. The maximum atomic E-state index is 13.6. The molecule has 0 saturated heterocycles. The third kappa shape index (κ3) is 3.76. The van der Waals surface area contributed by atoms with E-state index >= 15 is 0 Å². The van der Waals surface area contributed by atoms with Crippen LogP contribution in [0.2, 0.25) is 0 Å². The molecule has 2 aromatic carbocycles.